The van der Waals surface area contributed by atoms with Gasteiger partial charge in [0.15, 0.2) is 6.10 Å². The summed E-state index contributed by atoms with van der Waals surface area (Å²) in [6.45, 7) is 5.58. The number of ether oxygens (including phenoxy) is 2. The molecule has 0 radical (unpaired) electrons. The van der Waals surface area contributed by atoms with Crippen LogP contribution in [0.15, 0.2) is 42.5 Å². The maximum absolute atomic E-state index is 14.0. The highest BCUT2D eigenvalue weighted by Crippen LogP contribution is 2.26. The van der Waals surface area contributed by atoms with E-state index in [0.29, 0.717) is 5.69 Å². The minimum absolute atomic E-state index is 0.254. The summed E-state index contributed by atoms with van der Waals surface area (Å²) in [6, 6.07) is 11.3. The van der Waals surface area contributed by atoms with Gasteiger partial charge in [-0.2, -0.15) is 0 Å². The van der Waals surface area contributed by atoms with E-state index in [1.165, 1.54) is 26.2 Å². The molecule has 0 bridgehead atoms. The van der Waals surface area contributed by atoms with Gasteiger partial charge in [-0.15, -0.1) is 0 Å². The second-order valence-corrected chi connectivity index (χ2v) is 6.28. The number of methoxy groups -OCH3 is 1. The summed E-state index contributed by atoms with van der Waals surface area (Å²) < 4.78 is 24.0. The summed E-state index contributed by atoms with van der Waals surface area (Å²) in [5.41, 5.74) is 1.43. The van der Waals surface area contributed by atoms with Crippen LogP contribution >= 0.6 is 0 Å². The lowest BCUT2D eigenvalue weighted by atomic mass is 9.97. The van der Waals surface area contributed by atoms with E-state index < -0.39 is 23.8 Å². The van der Waals surface area contributed by atoms with Crippen molar-refractivity contribution in [3.05, 3.63) is 59.4 Å². The molecule has 0 saturated carbocycles. The molecular weight excluding hydrogens is 349 g/mol. The van der Waals surface area contributed by atoms with E-state index in [-0.39, 0.29) is 17.2 Å². The number of hydrogen-bond donors (Lipinski definition) is 1. The number of carbonyl (C=O) groups is 2. The Morgan fingerprint density at radius 1 is 1.15 bits per heavy atom. The van der Waals surface area contributed by atoms with Crippen molar-refractivity contribution in [3.8, 4) is 5.75 Å². The Labute approximate surface area is 158 Å². The number of benzene rings is 2. The fourth-order valence-corrected chi connectivity index (χ4v) is 2.56. The van der Waals surface area contributed by atoms with Crippen molar-refractivity contribution in [1.82, 2.24) is 0 Å². The fourth-order valence-electron chi connectivity index (χ4n) is 2.56. The van der Waals surface area contributed by atoms with Crippen molar-refractivity contribution in [2.45, 2.75) is 39.2 Å². The van der Waals surface area contributed by atoms with Crippen LogP contribution in [0.1, 0.15) is 49.0 Å². The van der Waals surface area contributed by atoms with Gasteiger partial charge in [0.05, 0.1) is 12.7 Å². The molecule has 5 nitrogen and oxygen atoms in total. The van der Waals surface area contributed by atoms with Crippen LogP contribution in [0.3, 0.4) is 0 Å². The van der Waals surface area contributed by atoms with Gasteiger partial charge in [-0.3, -0.25) is 4.79 Å². The van der Waals surface area contributed by atoms with Crippen LogP contribution in [0.5, 0.6) is 5.75 Å². The first kappa shape index (κ1) is 20.4. The van der Waals surface area contributed by atoms with Gasteiger partial charge in [-0.25, -0.2) is 9.18 Å². The molecule has 0 saturated heterocycles. The molecule has 0 aliphatic heterocycles. The van der Waals surface area contributed by atoms with Crippen LogP contribution in [0, 0.1) is 5.82 Å². The Kier molecular flexibility index (Phi) is 6.93. The molecule has 6 heteroatoms. The lowest BCUT2D eigenvalue weighted by molar-refractivity contribution is -0.123. The predicted octanol–water partition coefficient (Wildman–Crippen LogP) is 4.53. The summed E-state index contributed by atoms with van der Waals surface area (Å²) in [6.07, 6.45) is -0.155. The molecule has 0 aliphatic carbocycles. The summed E-state index contributed by atoms with van der Waals surface area (Å²) in [4.78, 5) is 24.6. The number of nitrogens with one attached hydrogen (secondary N) is 1. The number of amides is 1. The second kappa shape index (κ2) is 9.16. The maximum atomic E-state index is 14.0. The first-order chi connectivity index (χ1) is 12.9. The average Bonchev–Trinajstić information content (AvgIpc) is 2.67. The zero-order valence-electron chi connectivity index (χ0n) is 15.9. The zero-order valence-corrected chi connectivity index (χ0v) is 15.9. The Balaban J connectivity index is 2.07. The minimum atomic E-state index is -1.08. The Bertz CT molecular complexity index is 822. The summed E-state index contributed by atoms with van der Waals surface area (Å²) in [5, 5.41) is 2.79. The third-order valence-corrected chi connectivity index (χ3v) is 4.41. The van der Waals surface area contributed by atoms with E-state index in [1.54, 1.807) is 6.07 Å². The Morgan fingerprint density at radius 2 is 1.85 bits per heavy atom. The number of para-hydroxylation sites is 1. The molecule has 0 heterocycles. The lowest BCUT2D eigenvalue weighted by Gasteiger charge is -2.18. The lowest BCUT2D eigenvalue weighted by Crippen LogP contribution is -2.30. The predicted molar refractivity (Wildman–Crippen MR) is 102 cm³/mol. The van der Waals surface area contributed by atoms with Gasteiger partial charge in [0, 0.05) is 11.8 Å². The fraction of sp³-hybridized carbons (Fsp3) is 0.333. The third-order valence-electron chi connectivity index (χ3n) is 4.41. The SMILES string of the molecule is CC[C@H](C)c1ccccc1NC(=O)[C@@H](C)OC(=O)c1ccc(OC)cc1F. The van der Waals surface area contributed by atoms with E-state index in [2.05, 4.69) is 19.2 Å². The number of anilines is 1. The highest BCUT2D eigenvalue weighted by Gasteiger charge is 2.22. The molecule has 0 aromatic heterocycles. The van der Waals surface area contributed by atoms with Crippen LogP contribution in [-0.2, 0) is 9.53 Å². The minimum Gasteiger partial charge on any atom is -0.497 e. The maximum Gasteiger partial charge on any atom is 0.341 e. The quantitative estimate of drug-likeness (QED) is 0.724. The molecule has 1 amide bonds. The van der Waals surface area contributed by atoms with Crippen LogP contribution in [0.2, 0.25) is 0 Å². The molecule has 1 N–H and O–H groups in total. The number of halogens is 1. The van der Waals surface area contributed by atoms with Crippen LogP contribution in [-0.4, -0.2) is 25.1 Å². The molecule has 2 rings (SSSR count). The van der Waals surface area contributed by atoms with E-state index in [9.17, 15) is 14.0 Å². The van der Waals surface area contributed by atoms with Gasteiger partial charge in [0.2, 0.25) is 0 Å². The van der Waals surface area contributed by atoms with Crippen molar-refractivity contribution in [2.75, 3.05) is 12.4 Å². The molecule has 0 spiro atoms. The molecule has 27 heavy (non-hydrogen) atoms. The highest BCUT2D eigenvalue weighted by molar-refractivity contribution is 5.98. The van der Waals surface area contributed by atoms with E-state index in [4.69, 9.17) is 9.47 Å². The molecule has 144 valence electrons. The number of esters is 1. The van der Waals surface area contributed by atoms with E-state index >= 15 is 0 Å². The molecule has 0 aliphatic rings. The smallest absolute Gasteiger partial charge is 0.341 e. The van der Waals surface area contributed by atoms with Crippen molar-refractivity contribution < 1.29 is 23.5 Å². The van der Waals surface area contributed by atoms with Crippen molar-refractivity contribution >= 4 is 17.6 Å². The second-order valence-electron chi connectivity index (χ2n) is 6.28. The van der Waals surface area contributed by atoms with E-state index in [1.807, 2.05) is 18.2 Å². The monoisotopic (exact) mass is 373 g/mol. The summed E-state index contributed by atoms with van der Waals surface area (Å²) >= 11 is 0. The van der Waals surface area contributed by atoms with Gasteiger partial charge in [-0.05, 0) is 43.0 Å². The van der Waals surface area contributed by atoms with Crippen molar-refractivity contribution in [1.29, 1.82) is 0 Å². The topological polar surface area (TPSA) is 64.6 Å². The largest absolute Gasteiger partial charge is 0.497 e. The molecule has 2 aromatic carbocycles. The normalized spacial score (nSPS) is 12.8. The summed E-state index contributed by atoms with van der Waals surface area (Å²) in [5.74, 6) is -1.60. The first-order valence-electron chi connectivity index (χ1n) is 8.81. The van der Waals surface area contributed by atoms with Crippen molar-refractivity contribution in [2.24, 2.45) is 0 Å². The Hall–Kier alpha value is -2.89. The molecule has 2 aromatic rings. The van der Waals surface area contributed by atoms with Crippen LogP contribution < -0.4 is 10.1 Å². The summed E-state index contributed by atoms with van der Waals surface area (Å²) in [7, 11) is 1.40. The van der Waals surface area contributed by atoms with Crippen LogP contribution in [0.4, 0.5) is 10.1 Å². The molecular formula is C21H24FNO4. The van der Waals surface area contributed by atoms with Gasteiger partial charge in [-0.1, -0.05) is 32.0 Å². The van der Waals surface area contributed by atoms with Crippen LogP contribution in [0.25, 0.3) is 0 Å². The standard InChI is InChI=1S/C21H24FNO4/c1-5-13(2)16-8-6-7-9-19(16)23-20(24)14(3)27-21(25)17-11-10-15(26-4)12-18(17)22/h6-14H,5H2,1-4H3,(H,23,24)/t13-,14+/m0/s1. The van der Waals surface area contributed by atoms with E-state index in [0.717, 1.165) is 18.1 Å². The highest BCUT2D eigenvalue weighted by atomic mass is 19.1. The zero-order chi connectivity index (χ0) is 20.0. The van der Waals surface area contributed by atoms with Gasteiger partial charge < -0.3 is 14.8 Å². The van der Waals surface area contributed by atoms with Gasteiger partial charge in [0.25, 0.3) is 5.91 Å². The average molecular weight is 373 g/mol. The molecule has 0 fully saturated rings. The van der Waals surface area contributed by atoms with Crippen molar-refractivity contribution in [3.63, 3.8) is 0 Å². The number of carbonyl (C=O) groups excluding carboxylic acids is 2. The number of hydrogen-bond acceptors (Lipinski definition) is 4. The number of rotatable bonds is 7. The van der Waals surface area contributed by atoms with Gasteiger partial charge in [0.1, 0.15) is 11.6 Å². The third kappa shape index (κ3) is 5.06. The molecule has 0 unspecified atom stereocenters. The van der Waals surface area contributed by atoms with Gasteiger partial charge >= 0.3 is 5.97 Å². The first-order valence-corrected chi connectivity index (χ1v) is 8.81. The Morgan fingerprint density at radius 3 is 2.48 bits per heavy atom. The molecule has 2 atom stereocenters.